The highest BCUT2D eigenvalue weighted by Gasteiger charge is 2.18. The molecule has 0 bridgehead atoms. The number of halogens is 2. The van der Waals surface area contributed by atoms with Gasteiger partial charge in [0.2, 0.25) is 0 Å². The van der Waals surface area contributed by atoms with Crippen LogP contribution in [0.1, 0.15) is 6.42 Å². The zero-order valence-electron chi connectivity index (χ0n) is 13.5. The number of hydrogen-bond acceptors (Lipinski definition) is 3. The summed E-state index contributed by atoms with van der Waals surface area (Å²) in [6.45, 7) is 3.72. The molecule has 128 valence electrons. The largest absolute Gasteiger partial charge is 0.490 e. The topological polar surface area (TPSA) is 46.1 Å². The maximum absolute atomic E-state index is 6.09. The number of ether oxygens (including phenoxy) is 2. The van der Waals surface area contributed by atoms with E-state index in [1.54, 1.807) is 19.2 Å². The van der Waals surface area contributed by atoms with Gasteiger partial charge in [0, 0.05) is 33.2 Å². The highest BCUT2D eigenvalue weighted by atomic mass is 35.5. The zero-order chi connectivity index (χ0) is 16.7. The van der Waals surface area contributed by atoms with Crippen LogP contribution in [-0.4, -0.2) is 57.9 Å². The molecule has 0 radical (unpaired) electrons. The Kier molecular flexibility index (Phi) is 7.27. The molecular weight excluding hydrogens is 337 g/mol. The molecule has 1 aliphatic heterocycles. The predicted molar refractivity (Wildman–Crippen MR) is 94.9 cm³/mol. The van der Waals surface area contributed by atoms with Crippen molar-refractivity contribution in [1.82, 2.24) is 10.2 Å². The first-order valence-corrected chi connectivity index (χ1v) is 8.43. The van der Waals surface area contributed by atoms with Crippen molar-refractivity contribution in [1.29, 1.82) is 0 Å². The lowest BCUT2D eigenvalue weighted by Gasteiger charge is -2.24. The summed E-state index contributed by atoms with van der Waals surface area (Å²) in [6.07, 6.45) is 1.11. The molecule has 1 unspecified atom stereocenters. The summed E-state index contributed by atoms with van der Waals surface area (Å²) in [5, 5.41) is 4.22. The van der Waals surface area contributed by atoms with E-state index >= 15 is 0 Å². The summed E-state index contributed by atoms with van der Waals surface area (Å²) in [4.78, 5) is 6.41. The molecule has 1 atom stereocenters. The Hall–Kier alpha value is -1.17. The highest BCUT2D eigenvalue weighted by Crippen LogP contribution is 2.31. The minimum Gasteiger partial charge on any atom is -0.490 e. The Balaban J connectivity index is 1.74. The first-order chi connectivity index (χ1) is 11.1. The van der Waals surface area contributed by atoms with Gasteiger partial charge in [-0.05, 0) is 18.6 Å². The summed E-state index contributed by atoms with van der Waals surface area (Å²) in [7, 11) is 3.81. The third-order valence-corrected chi connectivity index (χ3v) is 4.49. The van der Waals surface area contributed by atoms with Crippen LogP contribution in [0.15, 0.2) is 23.2 Å². The van der Waals surface area contributed by atoms with Gasteiger partial charge in [0.25, 0.3) is 0 Å². The maximum atomic E-state index is 6.09. The minimum absolute atomic E-state index is 0.442. The Morgan fingerprint density at radius 3 is 3.00 bits per heavy atom. The lowest BCUT2D eigenvalue weighted by Crippen LogP contribution is -2.42. The fourth-order valence-electron chi connectivity index (χ4n) is 2.51. The number of aliphatic imine (C=N–C) groups is 1. The summed E-state index contributed by atoms with van der Waals surface area (Å²) in [5.74, 6) is 2.00. The molecule has 1 fully saturated rings. The van der Waals surface area contributed by atoms with E-state index in [2.05, 4.69) is 15.2 Å². The average Bonchev–Trinajstić information content (AvgIpc) is 3.04. The number of benzene rings is 1. The molecule has 0 saturated carbocycles. The fraction of sp³-hybridized carbons (Fsp3) is 0.562. The highest BCUT2D eigenvalue weighted by molar-refractivity contribution is 6.42. The second-order valence-corrected chi connectivity index (χ2v) is 6.27. The minimum atomic E-state index is 0.442. The Labute approximate surface area is 147 Å². The van der Waals surface area contributed by atoms with Gasteiger partial charge in [0.1, 0.15) is 17.4 Å². The molecular formula is C16H23Cl2N3O2. The standard InChI is InChI=1S/C16H23Cl2N3O2/c1-19-16(21(2)10-12-6-8-22-11-12)20-7-9-23-14-5-3-4-13(17)15(14)18/h3-5,12H,6-11H2,1-2H3,(H,19,20). The molecule has 7 heteroatoms. The van der Waals surface area contributed by atoms with Crippen LogP contribution in [0.25, 0.3) is 0 Å². The van der Waals surface area contributed by atoms with Crippen LogP contribution in [-0.2, 0) is 4.74 Å². The van der Waals surface area contributed by atoms with E-state index in [-0.39, 0.29) is 0 Å². The molecule has 23 heavy (non-hydrogen) atoms. The summed E-state index contributed by atoms with van der Waals surface area (Å²) in [5.41, 5.74) is 0. The second kappa shape index (κ2) is 9.21. The molecule has 0 amide bonds. The molecule has 1 aliphatic rings. The van der Waals surface area contributed by atoms with Crippen molar-refractivity contribution >= 4 is 29.2 Å². The molecule has 1 heterocycles. The van der Waals surface area contributed by atoms with Crippen LogP contribution in [0.4, 0.5) is 0 Å². The predicted octanol–water partition coefficient (Wildman–Crippen LogP) is 2.92. The van der Waals surface area contributed by atoms with E-state index in [0.29, 0.717) is 34.9 Å². The van der Waals surface area contributed by atoms with Gasteiger partial charge in [-0.3, -0.25) is 4.99 Å². The summed E-state index contributed by atoms with van der Waals surface area (Å²) >= 11 is 12.0. The van der Waals surface area contributed by atoms with Crippen molar-refractivity contribution in [2.75, 3.05) is 47.0 Å². The Bertz CT molecular complexity index is 534. The number of guanidine groups is 1. The number of nitrogens with zero attached hydrogens (tertiary/aromatic N) is 2. The molecule has 1 N–H and O–H groups in total. The second-order valence-electron chi connectivity index (χ2n) is 5.48. The van der Waals surface area contributed by atoms with Crippen LogP contribution in [0.5, 0.6) is 5.75 Å². The summed E-state index contributed by atoms with van der Waals surface area (Å²) in [6, 6.07) is 5.35. The van der Waals surface area contributed by atoms with Gasteiger partial charge in [-0.1, -0.05) is 29.3 Å². The van der Waals surface area contributed by atoms with E-state index in [4.69, 9.17) is 32.7 Å². The van der Waals surface area contributed by atoms with Gasteiger partial charge < -0.3 is 19.7 Å². The number of rotatable bonds is 6. The average molecular weight is 360 g/mol. The van der Waals surface area contributed by atoms with E-state index < -0.39 is 0 Å². The van der Waals surface area contributed by atoms with Crippen molar-refractivity contribution in [2.24, 2.45) is 10.9 Å². The molecule has 0 aliphatic carbocycles. The lowest BCUT2D eigenvalue weighted by molar-refractivity contribution is 0.181. The molecule has 1 aromatic rings. The summed E-state index contributed by atoms with van der Waals surface area (Å²) < 4.78 is 11.1. The number of hydrogen-bond donors (Lipinski definition) is 1. The van der Waals surface area contributed by atoms with E-state index in [0.717, 1.165) is 32.1 Å². The first kappa shape index (κ1) is 18.2. The normalized spacial score (nSPS) is 18.1. The molecule has 0 aromatic heterocycles. The van der Waals surface area contributed by atoms with Gasteiger partial charge in [-0.15, -0.1) is 0 Å². The zero-order valence-corrected chi connectivity index (χ0v) is 15.0. The molecule has 1 saturated heterocycles. The fourth-order valence-corrected chi connectivity index (χ4v) is 2.85. The molecule has 0 spiro atoms. The van der Waals surface area contributed by atoms with E-state index in [1.807, 2.05) is 13.1 Å². The van der Waals surface area contributed by atoms with Crippen molar-refractivity contribution < 1.29 is 9.47 Å². The van der Waals surface area contributed by atoms with E-state index in [9.17, 15) is 0 Å². The maximum Gasteiger partial charge on any atom is 0.193 e. The van der Waals surface area contributed by atoms with Crippen molar-refractivity contribution in [3.05, 3.63) is 28.2 Å². The van der Waals surface area contributed by atoms with Gasteiger partial charge in [0.15, 0.2) is 5.96 Å². The van der Waals surface area contributed by atoms with E-state index in [1.165, 1.54) is 0 Å². The Morgan fingerprint density at radius 1 is 1.48 bits per heavy atom. The molecule has 2 rings (SSSR count). The van der Waals surface area contributed by atoms with Crippen molar-refractivity contribution in [3.8, 4) is 5.75 Å². The van der Waals surface area contributed by atoms with Gasteiger partial charge in [-0.25, -0.2) is 0 Å². The van der Waals surface area contributed by atoms with Gasteiger partial charge in [0.05, 0.1) is 18.2 Å². The smallest absolute Gasteiger partial charge is 0.193 e. The van der Waals surface area contributed by atoms with Crippen LogP contribution >= 0.6 is 23.2 Å². The van der Waals surface area contributed by atoms with Gasteiger partial charge >= 0.3 is 0 Å². The third-order valence-electron chi connectivity index (χ3n) is 3.69. The number of nitrogens with one attached hydrogen (secondary N) is 1. The van der Waals surface area contributed by atoms with Crippen LogP contribution < -0.4 is 10.1 Å². The third kappa shape index (κ3) is 5.44. The van der Waals surface area contributed by atoms with Crippen LogP contribution in [0.2, 0.25) is 10.0 Å². The quantitative estimate of drug-likeness (QED) is 0.481. The Morgan fingerprint density at radius 2 is 2.30 bits per heavy atom. The monoisotopic (exact) mass is 359 g/mol. The molecule has 1 aromatic carbocycles. The van der Waals surface area contributed by atoms with Crippen molar-refractivity contribution in [3.63, 3.8) is 0 Å². The van der Waals surface area contributed by atoms with Crippen LogP contribution in [0, 0.1) is 5.92 Å². The van der Waals surface area contributed by atoms with Crippen LogP contribution in [0.3, 0.4) is 0 Å². The first-order valence-electron chi connectivity index (χ1n) is 7.68. The lowest BCUT2D eigenvalue weighted by atomic mass is 10.1. The van der Waals surface area contributed by atoms with Gasteiger partial charge in [-0.2, -0.15) is 0 Å². The van der Waals surface area contributed by atoms with Crippen molar-refractivity contribution in [2.45, 2.75) is 6.42 Å². The SMILES string of the molecule is CN=C(NCCOc1cccc(Cl)c1Cl)N(C)CC1CCOC1. The molecule has 5 nitrogen and oxygen atoms in total.